The molecule has 0 amide bonds. The van der Waals surface area contributed by atoms with Crippen LogP contribution in [0.3, 0.4) is 0 Å². The second-order valence-corrected chi connectivity index (χ2v) is 15.0. The molecule has 0 aliphatic carbocycles. The molecule has 0 fully saturated rings. The second kappa shape index (κ2) is 13.0. The molecule has 4 unspecified atom stereocenters. The summed E-state index contributed by atoms with van der Waals surface area (Å²) in [5.74, 6) is 0.304. The average Bonchev–Trinajstić information content (AvgIpc) is 2.79. The van der Waals surface area contributed by atoms with Crippen LogP contribution in [-0.2, 0) is 9.59 Å². The number of hydrogen-bond acceptors (Lipinski definition) is 6. The molecule has 0 saturated heterocycles. The van der Waals surface area contributed by atoms with E-state index in [0.717, 1.165) is 17.0 Å². The Balaban J connectivity index is 2.42. The van der Waals surface area contributed by atoms with Gasteiger partial charge in [-0.15, -0.1) is 0 Å². The number of rotatable bonds is 10. The van der Waals surface area contributed by atoms with Gasteiger partial charge in [-0.3, -0.25) is 9.59 Å². The van der Waals surface area contributed by atoms with Crippen molar-refractivity contribution >= 4 is 39.4 Å². The highest BCUT2D eigenvalue weighted by Gasteiger charge is 2.35. The number of hydrogen-bond donors (Lipinski definition) is 1. The number of nitrogens with one attached hydrogen (secondary N) is 1. The lowest BCUT2D eigenvalue weighted by molar-refractivity contribution is -0.114. The first kappa shape index (κ1) is 30.3. The van der Waals surface area contributed by atoms with Gasteiger partial charge < -0.3 is 10.1 Å². The van der Waals surface area contributed by atoms with Crippen molar-refractivity contribution in [3.05, 3.63) is 60.2 Å². The Morgan fingerprint density at radius 2 is 1.31 bits per heavy atom. The van der Waals surface area contributed by atoms with Crippen LogP contribution >= 0.6 is 23.5 Å². The van der Waals surface area contributed by atoms with Crippen molar-refractivity contribution in [2.24, 2.45) is 11.8 Å². The highest BCUT2D eigenvalue weighted by molar-refractivity contribution is 8.15. The number of ether oxygens (including phenoxy) is 1. The molecule has 36 heavy (non-hydrogen) atoms. The van der Waals surface area contributed by atoms with Gasteiger partial charge in [0, 0.05) is 33.1 Å². The van der Waals surface area contributed by atoms with E-state index in [9.17, 15) is 9.59 Å². The van der Waals surface area contributed by atoms with E-state index in [1.165, 1.54) is 23.5 Å². The van der Waals surface area contributed by atoms with Gasteiger partial charge in [-0.1, -0.05) is 109 Å². The van der Waals surface area contributed by atoms with Gasteiger partial charge >= 0.3 is 0 Å². The van der Waals surface area contributed by atoms with Crippen molar-refractivity contribution in [3.8, 4) is 5.75 Å². The lowest BCUT2D eigenvalue weighted by Crippen LogP contribution is -2.36. The van der Waals surface area contributed by atoms with Gasteiger partial charge in [0.25, 0.3) is 0 Å². The maximum absolute atomic E-state index is 13.3. The van der Waals surface area contributed by atoms with Crippen molar-refractivity contribution in [2.75, 3.05) is 12.4 Å². The van der Waals surface area contributed by atoms with Gasteiger partial charge in [0.1, 0.15) is 5.75 Å². The molecule has 0 aliphatic heterocycles. The molecule has 0 bridgehead atoms. The van der Waals surface area contributed by atoms with Crippen LogP contribution in [0.25, 0.3) is 0 Å². The maximum atomic E-state index is 13.3. The summed E-state index contributed by atoms with van der Waals surface area (Å²) in [6.45, 7) is 16.4. The largest absolute Gasteiger partial charge is 0.497 e. The lowest BCUT2D eigenvalue weighted by atomic mass is 9.80. The van der Waals surface area contributed by atoms with Crippen LogP contribution in [0.15, 0.2) is 54.6 Å². The first-order valence-electron chi connectivity index (χ1n) is 12.6. The molecule has 0 heterocycles. The summed E-state index contributed by atoms with van der Waals surface area (Å²) in [6, 6.07) is 17.8. The molecule has 2 rings (SSSR count). The molecule has 0 radical (unpaired) electrons. The highest BCUT2D eigenvalue weighted by atomic mass is 32.2. The Morgan fingerprint density at radius 3 is 1.78 bits per heavy atom. The maximum Gasteiger partial charge on any atom is 0.194 e. The first-order chi connectivity index (χ1) is 16.7. The summed E-state index contributed by atoms with van der Waals surface area (Å²) < 4.78 is 4.99. The van der Waals surface area contributed by atoms with Gasteiger partial charge in [-0.2, -0.15) is 0 Å². The van der Waals surface area contributed by atoms with Crippen molar-refractivity contribution in [1.82, 2.24) is 0 Å². The molecule has 4 atom stereocenters. The van der Waals surface area contributed by atoms with Crippen LogP contribution < -0.4 is 10.1 Å². The average molecular weight is 530 g/mol. The van der Waals surface area contributed by atoms with Crippen molar-refractivity contribution in [2.45, 2.75) is 83.3 Å². The van der Waals surface area contributed by atoms with E-state index < -0.39 is 0 Å². The molecule has 1 N–H and O–H groups in total. The van der Waals surface area contributed by atoms with Gasteiger partial charge in [-0.25, -0.2) is 0 Å². The fourth-order valence-electron chi connectivity index (χ4n) is 4.01. The number of carbonyl (C=O) groups excluding carboxylic acids is 2. The van der Waals surface area contributed by atoms with Crippen molar-refractivity contribution < 1.29 is 14.3 Å². The molecule has 4 nitrogen and oxygen atoms in total. The van der Waals surface area contributed by atoms with Gasteiger partial charge in [0.05, 0.1) is 7.11 Å². The minimum Gasteiger partial charge on any atom is -0.497 e. The fourth-order valence-corrected chi connectivity index (χ4v) is 5.92. The molecule has 0 spiro atoms. The summed E-state index contributed by atoms with van der Waals surface area (Å²) in [4.78, 5) is 26.7. The molecular formula is C30H43NO3S2. The molecule has 198 valence electrons. The molecule has 0 aromatic heterocycles. The van der Waals surface area contributed by atoms with E-state index in [-0.39, 0.29) is 43.5 Å². The Hall–Kier alpha value is -1.92. The van der Waals surface area contributed by atoms with Crippen LogP contribution in [0.1, 0.15) is 73.3 Å². The molecule has 6 heteroatoms. The van der Waals surface area contributed by atoms with E-state index in [2.05, 4.69) is 59.0 Å². The summed E-state index contributed by atoms with van der Waals surface area (Å²) in [7, 11) is 1.65. The Kier molecular flexibility index (Phi) is 11.0. The van der Waals surface area contributed by atoms with Crippen LogP contribution in [0, 0.1) is 11.8 Å². The van der Waals surface area contributed by atoms with Gasteiger partial charge in [0.2, 0.25) is 0 Å². The van der Waals surface area contributed by atoms with Gasteiger partial charge in [-0.05, 0) is 42.2 Å². The summed E-state index contributed by atoms with van der Waals surface area (Å²) >= 11 is 2.79. The quantitative estimate of drug-likeness (QED) is 0.336. The van der Waals surface area contributed by atoms with Crippen LogP contribution in [-0.4, -0.2) is 32.9 Å². The third kappa shape index (κ3) is 9.85. The van der Waals surface area contributed by atoms with Crippen molar-refractivity contribution in [1.29, 1.82) is 0 Å². The van der Waals surface area contributed by atoms with E-state index in [1.54, 1.807) is 7.11 Å². The summed E-state index contributed by atoms with van der Waals surface area (Å²) in [5.41, 5.74) is 2.05. The zero-order valence-electron chi connectivity index (χ0n) is 23.3. The number of thioether (sulfide) groups is 2. The number of methoxy groups -OCH3 is 1. The Morgan fingerprint density at radius 1 is 0.806 bits per heavy atom. The number of anilines is 1. The molecule has 2 aromatic carbocycles. The summed E-state index contributed by atoms with van der Waals surface area (Å²) in [5, 5.41) is 3.97. The van der Waals surface area contributed by atoms with E-state index >= 15 is 0 Å². The van der Waals surface area contributed by atoms with Crippen LogP contribution in [0.4, 0.5) is 5.69 Å². The predicted octanol–water partition coefficient (Wildman–Crippen LogP) is 8.04. The van der Waals surface area contributed by atoms with Gasteiger partial charge in [0.15, 0.2) is 10.2 Å². The number of carbonyl (C=O) groups is 2. The third-order valence-electron chi connectivity index (χ3n) is 5.94. The Labute approximate surface area is 226 Å². The fraction of sp³-hybridized carbons (Fsp3) is 0.533. The first-order valence-corrected chi connectivity index (χ1v) is 14.2. The third-order valence-corrected chi connectivity index (χ3v) is 8.31. The monoisotopic (exact) mass is 529 g/mol. The smallest absolute Gasteiger partial charge is 0.194 e. The molecular weight excluding hydrogens is 486 g/mol. The topological polar surface area (TPSA) is 55.4 Å². The zero-order valence-corrected chi connectivity index (χ0v) is 24.9. The second-order valence-electron chi connectivity index (χ2n) is 11.4. The molecule has 0 aliphatic rings. The SMILES string of the molecule is COc1ccc(NC(CC(c2ccccc2)C(C)C(=O)SC(C)(C)C)C(C)C(=O)SC(C)(C)C)cc1. The van der Waals surface area contributed by atoms with E-state index in [1.807, 2.05) is 56.3 Å². The molecule has 2 aromatic rings. The number of benzene rings is 2. The van der Waals surface area contributed by atoms with Crippen LogP contribution in [0.2, 0.25) is 0 Å². The van der Waals surface area contributed by atoms with Crippen LogP contribution in [0.5, 0.6) is 5.75 Å². The predicted molar refractivity (Wildman–Crippen MR) is 157 cm³/mol. The lowest BCUT2D eigenvalue weighted by Gasteiger charge is -2.33. The zero-order chi connectivity index (χ0) is 27.1. The standard InChI is InChI=1S/C30H43NO3S2/c1-20(27(32)35-29(3,4)5)25(22-13-11-10-12-14-22)19-26(21(2)28(33)36-30(6,7)8)31-23-15-17-24(34-9)18-16-23/h10-18,20-21,25-26,31H,19H2,1-9H3. The molecule has 0 saturated carbocycles. The van der Waals surface area contributed by atoms with Crippen molar-refractivity contribution in [3.63, 3.8) is 0 Å². The normalized spacial score (nSPS) is 15.5. The Bertz CT molecular complexity index is 978. The highest BCUT2D eigenvalue weighted by Crippen LogP contribution is 2.39. The summed E-state index contributed by atoms with van der Waals surface area (Å²) in [6.07, 6.45) is 0.658. The van der Waals surface area contributed by atoms with E-state index in [0.29, 0.717) is 6.42 Å². The van der Waals surface area contributed by atoms with E-state index in [4.69, 9.17) is 4.74 Å². The minimum atomic E-state index is -0.250. The minimum absolute atomic E-state index is 0.0285.